The van der Waals surface area contributed by atoms with Crippen LogP contribution in [0, 0.1) is 10.1 Å². The minimum atomic E-state index is -3.22. The van der Waals surface area contributed by atoms with E-state index in [0.717, 1.165) is 0 Å². The number of halogens is 2. The maximum Gasteiger partial charge on any atom is 0.236 e. The fraction of sp³-hybridized carbons (Fsp3) is 0.600. The fourth-order valence-electron chi connectivity index (χ4n) is 0.574. The molecular formula is C5H8Cl2NO4P. The third-order valence-electron chi connectivity index (χ3n) is 1.34. The Morgan fingerprint density at radius 3 is 2.31 bits per heavy atom. The predicted octanol–water partition coefficient (Wildman–Crippen LogP) is 2.46. The van der Waals surface area contributed by atoms with Gasteiger partial charge in [-0.3, -0.25) is 14.7 Å². The average molecular weight is 248 g/mol. The van der Waals surface area contributed by atoms with Crippen LogP contribution in [0.15, 0.2) is 9.81 Å². The minimum absolute atomic E-state index is 0.177. The Labute approximate surface area is 85.3 Å². The number of rotatable bonds is 4. The zero-order chi connectivity index (χ0) is 10.6. The predicted molar refractivity (Wildman–Crippen MR) is 51.1 cm³/mol. The number of nitrogens with zero attached hydrogens (tertiary/aromatic N) is 1. The van der Waals surface area contributed by atoms with Crippen LogP contribution in [0.4, 0.5) is 0 Å². The third kappa shape index (κ3) is 4.09. The van der Waals surface area contributed by atoms with Gasteiger partial charge < -0.3 is 4.52 Å². The first-order valence-corrected chi connectivity index (χ1v) is 5.93. The molecule has 0 saturated heterocycles. The van der Waals surface area contributed by atoms with Crippen LogP contribution in [0.25, 0.3) is 0 Å². The van der Waals surface area contributed by atoms with E-state index in [9.17, 15) is 14.7 Å². The molecule has 13 heavy (non-hydrogen) atoms. The van der Waals surface area contributed by atoms with Crippen LogP contribution < -0.4 is 0 Å². The molecule has 0 bridgehead atoms. The van der Waals surface area contributed by atoms with Crippen LogP contribution in [-0.4, -0.2) is 25.2 Å². The zero-order valence-corrected chi connectivity index (χ0v) is 9.40. The second-order valence-electron chi connectivity index (χ2n) is 2.23. The van der Waals surface area contributed by atoms with Crippen molar-refractivity contribution in [2.75, 3.05) is 20.3 Å². The lowest BCUT2D eigenvalue weighted by molar-refractivity contribution is -0.469. The smallest absolute Gasteiger partial charge is 0.236 e. The van der Waals surface area contributed by atoms with Crippen LogP contribution >= 0.6 is 30.6 Å². The van der Waals surface area contributed by atoms with Crippen molar-refractivity contribution >= 4 is 30.6 Å². The van der Waals surface area contributed by atoms with E-state index in [-0.39, 0.29) is 9.81 Å². The molecule has 0 fully saturated rings. The molecule has 0 amide bonds. The summed E-state index contributed by atoms with van der Waals surface area (Å²) in [5.41, 5.74) is 0. The molecule has 0 spiro atoms. The van der Waals surface area contributed by atoms with Gasteiger partial charge >= 0.3 is 0 Å². The van der Waals surface area contributed by atoms with Crippen molar-refractivity contribution in [3.8, 4) is 0 Å². The van der Waals surface area contributed by atoms with Crippen molar-refractivity contribution in [3.63, 3.8) is 0 Å². The van der Waals surface area contributed by atoms with E-state index in [2.05, 4.69) is 4.52 Å². The van der Waals surface area contributed by atoms with Gasteiger partial charge in [0.25, 0.3) is 0 Å². The molecule has 0 aromatic carbocycles. The molecule has 0 saturated carbocycles. The third-order valence-corrected chi connectivity index (χ3v) is 4.10. The molecule has 0 heterocycles. The maximum absolute atomic E-state index is 11.5. The van der Waals surface area contributed by atoms with E-state index in [0.29, 0.717) is 0 Å². The second kappa shape index (κ2) is 4.96. The molecule has 0 aliphatic heterocycles. The highest BCUT2D eigenvalue weighted by Gasteiger charge is 2.28. The fourth-order valence-corrected chi connectivity index (χ4v) is 2.51. The van der Waals surface area contributed by atoms with E-state index in [1.54, 1.807) is 0 Å². The molecule has 5 nitrogen and oxygen atoms in total. The van der Waals surface area contributed by atoms with Crippen LogP contribution in [0.1, 0.15) is 0 Å². The lowest BCUT2D eigenvalue weighted by atomic mass is 10.6. The van der Waals surface area contributed by atoms with Crippen molar-refractivity contribution in [2.24, 2.45) is 0 Å². The number of hydrogen-bond donors (Lipinski definition) is 0. The number of nitro groups is 1. The molecule has 0 aliphatic rings. The first-order chi connectivity index (χ1) is 5.81. The summed E-state index contributed by atoms with van der Waals surface area (Å²) < 4.78 is 15.7. The van der Waals surface area contributed by atoms with E-state index in [1.807, 2.05) is 0 Å². The van der Waals surface area contributed by atoms with Gasteiger partial charge in [0.05, 0.1) is 0 Å². The summed E-state index contributed by atoms with van der Waals surface area (Å²) in [6.07, 6.45) is 0. The van der Waals surface area contributed by atoms with Gasteiger partial charge in [-0.15, -0.1) is 0 Å². The molecular weight excluding hydrogens is 240 g/mol. The van der Waals surface area contributed by atoms with E-state index in [4.69, 9.17) is 23.2 Å². The van der Waals surface area contributed by atoms with Gasteiger partial charge in [0.2, 0.25) is 13.9 Å². The summed E-state index contributed by atoms with van der Waals surface area (Å²) in [6, 6.07) is 0. The molecule has 1 unspecified atom stereocenters. The van der Waals surface area contributed by atoms with Gasteiger partial charge in [0, 0.05) is 18.7 Å². The molecule has 76 valence electrons. The summed E-state index contributed by atoms with van der Waals surface area (Å²) in [5.74, 6) is 0. The van der Waals surface area contributed by atoms with Gasteiger partial charge in [0.1, 0.15) is 9.81 Å². The van der Waals surface area contributed by atoms with Gasteiger partial charge in [-0.25, -0.2) is 0 Å². The Morgan fingerprint density at radius 1 is 1.62 bits per heavy atom. The van der Waals surface area contributed by atoms with E-state index < -0.39 is 18.8 Å². The summed E-state index contributed by atoms with van der Waals surface area (Å²) in [6.45, 7) is 0.542. The zero-order valence-electron chi connectivity index (χ0n) is 6.99. The molecule has 8 heteroatoms. The monoisotopic (exact) mass is 247 g/mol. The van der Waals surface area contributed by atoms with Gasteiger partial charge in [0.15, 0.2) is 0 Å². The molecule has 0 N–H and O–H groups in total. The van der Waals surface area contributed by atoms with Crippen LogP contribution in [0.3, 0.4) is 0 Å². The summed E-state index contributed by atoms with van der Waals surface area (Å²) in [7, 11) is -2.04. The first kappa shape index (κ1) is 12.9. The Hall–Kier alpha value is -0.0900. The minimum Gasteiger partial charge on any atom is -0.329 e. The van der Waals surface area contributed by atoms with E-state index >= 15 is 0 Å². The SMILES string of the molecule is COP(C)(=O)C(C[N+](=O)[O-])=C(Cl)Cl. The quantitative estimate of drug-likeness (QED) is 0.435. The second-order valence-corrected chi connectivity index (χ2v) is 5.77. The van der Waals surface area contributed by atoms with Crippen molar-refractivity contribution in [2.45, 2.75) is 0 Å². The topological polar surface area (TPSA) is 69.4 Å². The highest BCUT2D eigenvalue weighted by atomic mass is 35.5. The van der Waals surface area contributed by atoms with Crippen molar-refractivity contribution in [1.82, 2.24) is 0 Å². The molecule has 0 aromatic heterocycles. The van der Waals surface area contributed by atoms with Gasteiger partial charge in [-0.1, -0.05) is 23.2 Å². The van der Waals surface area contributed by atoms with Crippen molar-refractivity contribution in [1.29, 1.82) is 0 Å². The molecule has 0 aromatic rings. The molecule has 1 atom stereocenters. The normalized spacial score (nSPS) is 14.8. The van der Waals surface area contributed by atoms with Gasteiger partial charge in [-0.2, -0.15) is 0 Å². The Balaban J connectivity index is 4.97. The molecule has 0 radical (unpaired) electrons. The lowest BCUT2D eigenvalue weighted by Crippen LogP contribution is -2.06. The Bertz CT molecular complexity index is 286. The first-order valence-electron chi connectivity index (χ1n) is 3.11. The highest BCUT2D eigenvalue weighted by molar-refractivity contribution is 7.62. The molecule has 0 rings (SSSR count). The Morgan fingerprint density at radius 2 is 2.08 bits per heavy atom. The van der Waals surface area contributed by atoms with E-state index in [1.165, 1.54) is 13.8 Å². The largest absolute Gasteiger partial charge is 0.329 e. The highest BCUT2D eigenvalue weighted by Crippen LogP contribution is 2.52. The summed E-state index contributed by atoms with van der Waals surface area (Å²) in [5, 5.41) is 9.98. The lowest BCUT2D eigenvalue weighted by Gasteiger charge is -2.11. The molecule has 0 aliphatic carbocycles. The van der Waals surface area contributed by atoms with Crippen LogP contribution in [-0.2, 0) is 9.09 Å². The van der Waals surface area contributed by atoms with Gasteiger partial charge in [-0.05, 0) is 0 Å². The standard InChI is InChI=1S/C5H8Cl2NO4P/c1-12-13(2,11)4(5(6)7)3-8(9)10/h3H2,1-2H3. The summed E-state index contributed by atoms with van der Waals surface area (Å²) >= 11 is 10.7. The van der Waals surface area contributed by atoms with Crippen molar-refractivity contribution < 1.29 is 14.0 Å². The van der Waals surface area contributed by atoms with Crippen LogP contribution in [0.2, 0.25) is 0 Å². The van der Waals surface area contributed by atoms with Crippen molar-refractivity contribution in [3.05, 3.63) is 19.9 Å². The average Bonchev–Trinajstić information content (AvgIpc) is 1.99. The number of hydrogen-bond acceptors (Lipinski definition) is 4. The maximum atomic E-state index is 11.5. The summed E-state index contributed by atoms with van der Waals surface area (Å²) in [4.78, 5) is 9.48. The van der Waals surface area contributed by atoms with Crippen LogP contribution in [0.5, 0.6) is 0 Å². The Kier molecular flexibility index (Phi) is 4.92.